The smallest absolute Gasteiger partial charge is 0.323 e. The van der Waals surface area contributed by atoms with Gasteiger partial charge in [0, 0.05) is 49.6 Å². The molecule has 1 saturated heterocycles. The maximum atomic E-state index is 13.6. The van der Waals surface area contributed by atoms with Crippen molar-refractivity contribution in [2.75, 3.05) is 51.3 Å². The highest BCUT2D eigenvalue weighted by atomic mass is 35.5. The Balaban J connectivity index is 0.00000231. The maximum Gasteiger partial charge on any atom is 0.323 e. The molecule has 10 heteroatoms. The third-order valence-corrected chi connectivity index (χ3v) is 7.78. The van der Waals surface area contributed by atoms with E-state index < -0.39 is 0 Å². The molecule has 5 rings (SSSR count). The van der Waals surface area contributed by atoms with Crippen LogP contribution in [0.1, 0.15) is 23.5 Å². The number of thiazole rings is 1. The summed E-state index contributed by atoms with van der Waals surface area (Å²) >= 11 is 1.37. The lowest BCUT2D eigenvalue weighted by Crippen LogP contribution is -2.44. The molecule has 1 aliphatic rings. The van der Waals surface area contributed by atoms with Gasteiger partial charge in [0.1, 0.15) is 5.82 Å². The van der Waals surface area contributed by atoms with Gasteiger partial charge in [0.15, 0.2) is 5.13 Å². The number of nitrogens with zero attached hydrogens (tertiary/aromatic N) is 3. The zero-order chi connectivity index (χ0) is 26.9. The van der Waals surface area contributed by atoms with Gasteiger partial charge in [-0.15, -0.1) is 36.2 Å². The van der Waals surface area contributed by atoms with Crippen LogP contribution in [0.15, 0.2) is 90.3 Å². The van der Waals surface area contributed by atoms with Crippen LogP contribution in [0.4, 0.5) is 14.3 Å². The van der Waals surface area contributed by atoms with Crippen LogP contribution in [0.25, 0.3) is 11.3 Å². The van der Waals surface area contributed by atoms with E-state index in [2.05, 4.69) is 63.7 Å². The number of benzene rings is 3. The van der Waals surface area contributed by atoms with Crippen molar-refractivity contribution in [2.45, 2.75) is 12.3 Å². The standard InChI is InChI=1S/C31H33FN4O2S.2ClH/c32-27-13-11-26(12-14-27)29-23-39-30(33-29)34-31(37)36(18-17-35-19-21-38-22-20-35)16-15-28(24-7-3-1-4-8-24)25-9-5-2-6-10-25;;/h1-14,23,28H,15-22H2,(H,33,34,37);2*1H. The normalized spacial score (nSPS) is 13.2. The zero-order valence-electron chi connectivity index (χ0n) is 22.7. The maximum absolute atomic E-state index is 13.6. The van der Waals surface area contributed by atoms with Crippen molar-refractivity contribution < 1.29 is 13.9 Å². The van der Waals surface area contributed by atoms with Crippen molar-refractivity contribution in [3.8, 4) is 11.3 Å². The van der Waals surface area contributed by atoms with Crippen LogP contribution in [-0.4, -0.2) is 66.8 Å². The average molecular weight is 618 g/mol. The van der Waals surface area contributed by atoms with Crippen LogP contribution >= 0.6 is 36.2 Å². The van der Waals surface area contributed by atoms with E-state index in [0.29, 0.717) is 23.9 Å². The lowest BCUT2D eigenvalue weighted by Gasteiger charge is -2.31. The Morgan fingerprint density at radius 2 is 1.54 bits per heavy atom. The van der Waals surface area contributed by atoms with Crippen molar-refractivity contribution in [3.05, 3.63) is 107 Å². The molecule has 3 aromatic carbocycles. The van der Waals surface area contributed by atoms with E-state index in [1.165, 1.54) is 34.6 Å². The molecule has 2 heterocycles. The molecule has 41 heavy (non-hydrogen) atoms. The second-order valence-corrected chi connectivity index (χ2v) is 10.4. The molecule has 6 nitrogen and oxygen atoms in total. The lowest BCUT2D eigenvalue weighted by atomic mass is 9.88. The Bertz CT molecular complexity index is 1280. The molecule has 4 aromatic rings. The Morgan fingerprint density at radius 3 is 2.15 bits per heavy atom. The van der Waals surface area contributed by atoms with Crippen LogP contribution < -0.4 is 5.32 Å². The third-order valence-electron chi connectivity index (χ3n) is 7.03. The van der Waals surface area contributed by atoms with Gasteiger partial charge in [-0.3, -0.25) is 10.2 Å². The first-order valence-electron chi connectivity index (χ1n) is 13.3. The third kappa shape index (κ3) is 9.24. The van der Waals surface area contributed by atoms with Crippen molar-refractivity contribution in [3.63, 3.8) is 0 Å². The van der Waals surface area contributed by atoms with Gasteiger partial charge in [-0.05, 0) is 41.8 Å². The summed E-state index contributed by atoms with van der Waals surface area (Å²) in [5.41, 5.74) is 4.00. The van der Waals surface area contributed by atoms with Crippen LogP contribution in [-0.2, 0) is 4.74 Å². The zero-order valence-corrected chi connectivity index (χ0v) is 25.1. The summed E-state index contributed by atoms with van der Waals surface area (Å²) in [7, 11) is 0. The summed E-state index contributed by atoms with van der Waals surface area (Å²) in [6.07, 6.45) is 0.795. The van der Waals surface area contributed by atoms with Gasteiger partial charge < -0.3 is 9.64 Å². The number of morpholine rings is 1. The predicted octanol–water partition coefficient (Wildman–Crippen LogP) is 7.18. The average Bonchev–Trinajstić information content (AvgIpc) is 3.45. The molecule has 1 fully saturated rings. The molecular weight excluding hydrogens is 582 g/mol. The summed E-state index contributed by atoms with van der Waals surface area (Å²) in [5, 5.41) is 5.41. The highest BCUT2D eigenvalue weighted by molar-refractivity contribution is 7.14. The number of carbonyl (C=O) groups excluding carboxylic acids is 1. The number of nitrogens with one attached hydrogen (secondary N) is 1. The van der Waals surface area contributed by atoms with Crippen LogP contribution in [0, 0.1) is 5.82 Å². The van der Waals surface area contributed by atoms with Crippen molar-refractivity contribution in [1.29, 1.82) is 0 Å². The Kier molecular flexibility index (Phi) is 13.0. The number of amides is 2. The van der Waals surface area contributed by atoms with Crippen molar-refractivity contribution >= 4 is 47.3 Å². The molecule has 218 valence electrons. The van der Waals surface area contributed by atoms with E-state index in [1.807, 2.05) is 22.4 Å². The molecule has 0 radical (unpaired) electrons. The number of ether oxygens (including phenoxy) is 1. The molecule has 0 unspecified atom stereocenters. The summed E-state index contributed by atoms with van der Waals surface area (Å²) in [5.74, 6) is -0.112. The highest BCUT2D eigenvalue weighted by Crippen LogP contribution is 2.29. The minimum atomic E-state index is -0.289. The van der Waals surface area contributed by atoms with Gasteiger partial charge in [0.2, 0.25) is 0 Å². The lowest BCUT2D eigenvalue weighted by molar-refractivity contribution is 0.0351. The Labute approximate surface area is 257 Å². The number of urea groups is 1. The first-order chi connectivity index (χ1) is 19.2. The number of hydrogen-bond acceptors (Lipinski definition) is 5. The van der Waals surface area contributed by atoms with Gasteiger partial charge in [0.25, 0.3) is 0 Å². The van der Waals surface area contributed by atoms with E-state index >= 15 is 0 Å². The summed E-state index contributed by atoms with van der Waals surface area (Å²) in [6, 6.07) is 27.0. The summed E-state index contributed by atoms with van der Waals surface area (Å²) in [4.78, 5) is 22.4. The van der Waals surface area contributed by atoms with Gasteiger partial charge >= 0.3 is 6.03 Å². The van der Waals surface area contributed by atoms with Gasteiger partial charge in [-0.25, -0.2) is 14.2 Å². The first kappa shape index (κ1) is 32.5. The molecule has 0 aliphatic carbocycles. The fourth-order valence-electron chi connectivity index (χ4n) is 4.84. The Hall–Kier alpha value is -3.01. The van der Waals surface area contributed by atoms with E-state index in [0.717, 1.165) is 44.8 Å². The highest BCUT2D eigenvalue weighted by Gasteiger charge is 2.21. The van der Waals surface area contributed by atoms with E-state index in [4.69, 9.17) is 4.74 Å². The van der Waals surface area contributed by atoms with Crippen LogP contribution in [0.5, 0.6) is 0 Å². The molecular formula is C31H35Cl2FN4O2S. The van der Waals surface area contributed by atoms with E-state index in [9.17, 15) is 9.18 Å². The SMILES string of the molecule is Cl.Cl.O=C(Nc1nc(-c2ccc(F)cc2)cs1)N(CCC(c1ccccc1)c1ccccc1)CCN1CCOCC1. The van der Waals surface area contributed by atoms with E-state index in [-0.39, 0.29) is 42.6 Å². The number of halogens is 3. The van der Waals surface area contributed by atoms with E-state index in [1.54, 1.807) is 12.1 Å². The number of aromatic nitrogens is 1. The van der Waals surface area contributed by atoms with Crippen LogP contribution in [0.2, 0.25) is 0 Å². The molecule has 0 bridgehead atoms. The molecule has 0 spiro atoms. The second kappa shape index (κ2) is 16.4. The molecule has 1 aliphatic heterocycles. The van der Waals surface area contributed by atoms with Crippen molar-refractivity contribution in [2.24, 2.45) is 0 Å². The number of hydrogen-bond donors (Lipinski definition) is 1. The summed E-state index contributed by atoms with van der Waals surface area (Å²) < 4.78 is 18.8. The van der Waals surface area contributed by atoms with Gasteiger partial charge in [0.05, 0.1) is 18.9 Å². The fraction of sp³-hybridized carbons (Fsp3) is 0.290. The monoisotopic (exact) mass is 616 g/mol. The molecule has 2 amide bonds. The first-order valence-corrected chi connectivity index (χ1v) is 14.2. The fourth-order valence-corrected chi connectivity index (χ4v) is 5.55. The quantitative estimate of drug-likeness (QED) is 0.205. The van der Waals surface area contributed by atoms with Crippen molar-refractivity contribution in [1.82, 2.24) is 14.8 Å². The predicted molar refractivity (Wildman–Crippen MR) is 169 cm³/mol. The van der Waals surface area contributed by atoms with Gasteiger partial charge in [-0.1, -0.05) is 60.7 Å². The molecule has 1 aromatic heterocycles. The topological polar surface area (TPSA) is 57.7 Å². The summed E-state index contributed by atoms with van der Waals surface area (Å²) in [6.45, 7) is 5.19. The van der Waals surface area contributed by atoms with Gasteiger partial charge in [-0.2, -0.15) is 0 Å². The van der Waals surface area contributed by atoms with Crippen LogP contribution in [0.3, 0.4) is 0 Å². The Morgan fingerprint density at radius 1 is 0.927 bits per heavy atom. The number of carbonyl (C=O) groups is 1. The number of rotatable bonds is 10. The minimum Gasteiger partial charge on any atom is -0.379 e. The molecule has 1 N–H and O–H groups in total. The largest absolute Gasteiger partial charge is 0.379 e. The number of anilines is 1. The molecule has 0 atom stereocenters. The minimum absolute atomic E-state index is 0. The second-order valence-electron chi connectivity index (χ2n) is 9.58. The molecule has 0 saturated carbocycles.